The molecule has 0 aliphatic carbocycles. The van der Waals surface area contributed by atoms with Crippen LogP contribution in [0.2, 0.25) is 0 Å². The molecule has 2 N–H and O–H groups in total. The van der Waals surface area contributed by atoms with Crippen molar-refractivity contribution in [1.82, 2.24) is 10.6 Å². The molecule has 2 atom stereocenters. The van der Waals surface area contributed by atoms with Crippen molar-refractivity contribution in [2.24, 2.45) is 0 Å². The molecule has 34 heavy (non-hydrogen) atoms. The van der Waals surface area contributed by atoms with Crippen molar-refractivity contribution in [3.63, 3.8) is 0 Å². The van der Waals surface area contributed by atoms with Crippen molar-refractivity contribution in [3.05, 3.63) is 114 Å². The molecule has 2 aromatic rings. The van der Waals surface area contributed by atoms with E-state index < -0.39 is 11.7 Å². The van der Waals surface area contributed by atoms with E-state index in [1.54, 1.807) is 20.2 Å². The van der Waals surface area contributed by atoms with E-state index in [4.69, 9.17) is 4.74 Å². The first kappa shape index (κ1) is 27.0. The maximum atomic E-state index is 13.0. The van der Waals surface area contributed by atoms with Crippen LogP contribution in [0, 0.1) is 0 Å². The standard InChI is InChI=1S/C28H33F3N2O/c1-6-23(16-12-20(2)28(29,30)31)26(19-15-22-13-17-25(34-5)18-14-22)33-27(21(3)32-4)24-10-8-7-9-11-24/h6-14,16-18,26-27,32-33H,1,3,15,19H2,2,4-5H3/b20-12+,23-16+/t26-,27?/m0/s1. The zero-order valence-corrected chi connectivity index (χ0v) is 20.0. The molecule has 3 nitrogen and oxygen atoms in total. The number of rotatable bonds is 12. The number of hydrogen-bond donors (Lipinski definition) is 2. The Labute approximate surface area is 200 Å². The number of aryl methyl sites for hydroxylation is 1. The van der Waals surface area contributed by atoms with Crippen LogP contribution in [-0.4, -0.2) is 26.4 Å². The highest BCUT2D eigenvalue weighted by Crippen LogP contribution is 2.27. The molecule has 0 amide bonds. The number of alkyl halides is 3. The molecule has 0 heterocycles. The number of allylic oxidation sites excluding steroid dienone is 3. The van der Waals surface area contributed by atoms with Gasteiger partial charge < -0.3 is 10.1 Å². The first-order valence-corrected chi connectivity index (χ1v) is 11.1. The average Bonchev–Trinajstić information content (AvgIpc) is 2.84. The fourth-order valence-electron chi connectivity index (χ4n) is 3.48. The Morgan fingerprint density at radius 1 is 1.06 bits per heavy atom. The summed E-state index contributed by atoms with van der Waals surface area (Å²) in [5, 5.41) is 6.70. The van der Waals surface area contributed by atoms with Gasteiger partial charge in [-0.2, -0.15) is 13.2 Å². The molecule has 0 fully saturated rings. The quantitative estimate of drug-likeness (QED) is 0.340. The van der Waals surface area contributed by atoms with Crippen LogP contribution in [0.5, 0.6) is 5.75 Å². The van der Waals surface area contributed by atoms with E-state index in [0.717, 1.165) is 35.6 Å². The van der Waals surface area contributed by atoms with Crippen LogP contribution < -0.4 is 15.4 Å². The van der Waals surface area contributed by atoms with Gasteiger partial charge in [-0.05, 0) is 48.6 Å². The van der Waals surface area contributed by atoms with Crippen LogP contribution in [0.3, 0.4) is 0 Å². The lowest BCUT2D eigenvalue weighted by Crippen LogP contribution is -2.37. The van der Waals surface area contributed by atoms with E-state index in [9.17, 15) is 13.2 Å². The summed E-state index contributed by atoms with van der Waals surface area (Å²) in [4.78, 5) is 0. The Morgan fingerprint density at radius 2 is 1.71 bits per heavy atom. The molecule has 0 bridgehead atoms. The Bertz CT molecular complexity index is 993. The zero-order chi connectivity index (χ0) is 25.1. The summed E-state index contributed by atoms with van der Waals surface area (Å²) in [5.74, 6) is 0.771. The topological polar surface area (TPSA) is 33.3 Å². The number of benzene rings is 2. The van der Waals surface area contributed by atoms with Gasteiger partial charge in [-0.1, -0.05) is 73.9 Å². The molecule has 2 rings (SSSR count). The van der Waals surface area contributed by atoms with E-state index >= 15 is 0 Å². The molecule has 6 heteroatoms. The maximum Gasteiger partial charge on any atom is 0.412 e. The summed E-state index contributed by atoms with van der Waals surface area (Å²) in [6.07, 6.45) is 1.18. The van der Waals surface area contributed by atoms with E-state index in [1.807, 2.05) is 54.6 Å². The first-order valence-electron chi connectivity index (χ1n) is 11.1. The van der Waals surface area contributed by atoms with Crippen LogP contribution in [0.15, 0.2) is 103 Å². The monoisotopic (exact) mass is 470 g/mol. The molecule has 0 saturated carbocycles. The second-order valence-electron chi connectivity index (χ2n) is 7.94. The van der Waals surface area contributed by atoms with Crippen LogP contribution in [-0.2, 0) is 6.42 Å². The predicted octanol–water partition coefficient (Wildman–Crippen LogP) is 6.68. The highest BCUT2D eigenvalue weighted by Gasteiger charge is 2.29. The molecule has 0 aromatic heterocycles. The largest absolute Gasteiger partial charge is 0.497 e. The molecular formula is C28H33F3N2O. The highest BCUT2D eigenvalue weighted by atomic mass is 19.4. The molecule has 1 unspecified atom stereocenters. The van der Waals surface area contributed by atoms with Crippen LogP contribution in [0.25, 0.3) is 0 Å². The van der Waals surface area contributed by atoms with Crippen LogP contribution in [0.4, 0.5) is 13.2 Å². The highest BCUT2D eigenvalue weighted by molar-refractivity contribution is 5.34. The van der Waals surface area contributed by atoms with Gasteiger partial charge in [0, 0.05) is 24.4 Å². The molecule has 2 aromatic carbocycles. The fourth-order valence-corrected chi connectivity index (χ4v) is 3.48. The lowest BCUT2D eigenvalue weighted by molar-refractivity contribution is -0.0913. The van der Waals surface area contributed by atoms with E-state index in [-0.39, 0.29) is 12.1 Å². The lowest BCUT2D eigenvalue weighted by Gasteiger charge is -2.29. The van der Waals surface area contributed by atoms with Crippen molar-refractivity contribution in [2.75, 3.05) is 14.2 Å². The minimum Gasteiger partial charge on any atom is -0.497 e. The Balaban J connectivity index is 2.39. The molecule has 0 aliphatic rings. The zero-order valence-electron chi connectivity index (χ0n) is 20.0. The summed E-state index contributed by atoms with van der Waals surface area (Å²) in [6, 6.07) is 17.1. The van der Waals surface area contributed by atoms with Crippen molar-refractivity contribution < 1.29 is 17.9 Å². The summed E-state index contributed by atoms with van der Waals surface area (Å²) in [6.45, 7) is 9.07. The smallest absolute Gasteiger partial charge is 0.412 e. The number of methoxy groups -OCH3 is 1. The van der Waals surface area contributed by atoms with Crippen molar-refractivity contribution in [2.45, 2.75) is 38.0 Å². The molecule has 0 aliphatic heterocycles. The van der Waals surface area contributed by atoms with Crippen LogP contribution >= 0.6 is 0 Å². The second kappa shape index (κ2) is 12.8. The van der Waals surface area contributed by atoms with Gasteiger partial charge in [0.05, 0.1) is 13.2 Å². The fraction of sp³-hybridized carbons (Fsp3) is 0.286. The summed E-state index contributed by atoms with van der Waals surface area (Å²) >= 11 is 0. The van der Waals surface area contributed by atoms with Crippen molar-refractivity contribution >= 4 is 0 Å². The Morgan fingerprint density at radius 3 is 2.24 bits per heavy atom. The SMILES string of the molecule is C=C/C(=C\C=C(/C)C(F)(F)F)[C@H](CCc1ccc(OC)cc1)NC(C(=C)NC)c1ccccc1. The van der Waals surface area contributed by atoms with Gasteiger partial charge in [-0.3, -0.25) is 5.32 Å². The normalized spacial score (nSPS) is 14.3. The number of ether oxygens (including phenoxy) is 1. The van der Waals surface area contributed by atoms with E-state index in [2.05, 4.69) is 23.8 Å². The minimum absolute atomic E-state index is 0.247. The van der Waals surface area contributed by atoms with E-state index in [1.165, 1.54) is 6.08 Å². The summed E-state index contributed by atoms with van der Waals surface area (Å²) in [5.41, 5.74) is 2.86. The third-order valence-electron chi connectivity index (χ3n) is 5.66. The average molecular weight is 471 g/mol. The molecule has 0 radical (unpaired) electrons. The van der Waals surface area contributed by atoms with Crippen LogP contribution in [0.1, 0.15) is 30.5 Å². The van der Waals surface area contributed by atoms with Gasteiger partial charge >= 0.3 is 6.18 Å². The summed E-state index contributed by atoms with van der Waals surface area (Å²) < 4.78 is 44.4. The van der Waals surface area contributed by atoms with Crippen molar-refractivity contribution in [3.8, 4) is 5.75 Å². The lowest BCUT2D eigenvalue weighted by atomic mass is 9.95. The Hall–Kier alpha value is -3.25. The summed E-state index contributed by atoms with van der Waals surface area (Å²) in [7, 11) is 3.41. The van der Waals surface area contributed by atoms with Gasteiger partial charge in [0.1, 0.15) is 5.75 Å². The second-order valence-corrected chi connectivity index (χ2v) is 7.94. The predicted molar refractivity (Wildman–Crippen MR) is 134 cm³/mol. The minimum atomic E-state index is -4.37. The first-order chi connectivity index (χ1) is 16.2. The Kier molecular flexibility index (Phi) is 10.2. The third-order valence-corrected chi connectivity index (χ3v) is 5.66. The van der Waals surface area contributed by atoms with Gasteiger partial charge in [0.15, 0.2) is 0 Å². The maximum absolute atomic E-state index is 13.0. The van der Waals surface area contributed by atoms with Gasteiger partial charge in [-0.25, -0.2) is 0 Å². The third kappa shape index (κ3) is 7.96. The van der Waals surface area contributed by atoms with Gasteiger partial charge in [0.2, 0.25) is 0 Å². The number of hydrogen-bond acceptors (Lipinski definition) is 3. The number of nitrogens with one attached hydrogen (secondary N) is 2. The number of likely N-dealkylation sites (N-methyl/N-ethyl adjacent to an activating group) is 1. The molecule has 182 valence electrons. The molecule has 0 saturated heterocycles. The molecule has 0 spiro atoms. The van der Waals surface area contributed by atoms with Gasteiger partial charge in [-0.15, -0.1) is 0 Å². The number of halogens is 3. The van der Waals surface area contributed by atoms with E-state index in [0.29, 0.717) is 18.4 Å². The van der Waals surface area contributed by atoms with Gasteiger partial charge in [0.25, 0.3) is 0 Å². The van der Waals surface area contributed by atoms with Crippen molar-refractivity contribution in [1.29, 1.82) is 0 Å². The molecular weight excluding hydrogens is 437 g/mol.